The first-order valence-corrected chi connectivity index (χ1v) is 13.4. The first-order chi connectivity index (χ1) is 18.8. The smallest absolute Gasteiger partial charge is 0.246 e. The largest absolute Gasteiger partial charge is 0.371 e. The molecule has 0 spiro atoms. The Kier molecular flexibility index (Phi) is 6.16. The van der Waals surface area contributed by atoms with Gasteiger partial charge in [0, 0.05) is 17.3 Å². The molecule has 11 nitrogen and oxygen atoms in total. The van der Waals surface area contributed by atoms with Crippen LogP contribution in [0, 0.1) is 23.2 Å². The number of likely N-dealkylation sites (tertiary alicyclic amines) is 1. The van der Waals surface area contributed by atoms with Gasteiger partial charge in [0.05, 0.1) is 24.3 Å². The van der Waals surface area contributed by atoms with E-state index in [9.17, 15) is 14.4 Å². The third-order valence-electron chi connectivity index (χ3n) is 8.67. The topological polar surface area (TPSA) is 156 Å². The Bertz CT molecular complexity index is 1420. The molecule has 0 radical (unpaired) electrons. The van der Waals surface area contributed by atoms with Gasteiger partial charge in [-0.2, -0.15) is 10.2 Å². The zero-order valence-electron chi connectivity index (χ0n) is 21.9. The van der Waals surface area contributed by atoms with Crippen molar-refractivity contribution in [3.05, 3.63) is 54.9 Å². The molecule has 2 saturated carbocycles. The summed E-state index contributed by atoms with van der Waals surface area (Å²) in [5.74, 6) is -0.629. The molecule has 5 atom stereocenters. The number of nitrogens with two attached hydrogens (primary N) is 1. The number of fused-ring (bicyclic) bond motifs is 2. The summed E-state index contributed by atoms with van der Waals surface area (Å²) in [5, 5.41) is 15.8. The fourth-order valence-electron chi connectivity index (χ4n) is 6.26. The van der Waals surface area contributed by atoms with Crippen LogP contribution in [0.2, 0.25) is 0 Å². The zero-order valence-corrected chi connectivity index (χ0v) is 21.9. The lowest BCUT2D eigenvalue weighted by molar-refractivity contribution is -0.142. The summed E-state index contributed by atoms with van der Waals surface area (Å²) in [6, 6.07) is 4.94. The lowest BCUT2D eigenvalue weighted by atomic mass is 9.98. The molecule has 1 aromatic carbocycles. The minimum Gasteiger partial charge on any atom is -0.371 e. The number of rotatable bonds is 9. The third-order valence-corrected chi connectivity index (χ3v) is 8.67. The van der Waals surface area contributed by atoms with Crippen LogP contribution in [0.25, 0.3) is 10.8 Å². The maximum Gasteiger partial charge on any atom is 0.246 e. The number of carbonyl (C=O) groups is 3. The molecule has 39 heavy (non-hydrogen) atoms. The molecule has 1 aliphatic heterocycles. The number of aromatic nitrogens is 4. The van der Waals surface area contributed by atoms with Crippen LogP contribution < -0.4 is 16.4 Å². The van der Waals surface area contributed by atoms with Crippen molar-refractivity contribution >= 4 is 34.2 Å². The van der Waals surface area contributed by atoms with Crippen LogP contribution in [-0.4, -0.2) is 61.4 Å². The predicted octanol–water partition coefficient (Wildman–Crippen LogP) is 1.83. The highest BCUT2D eigenvalue weighted by atomic mass is 16.2. The van der Waals surface area contributed by atoms with Crippen molar-refractivity contribution in [1.82, 2.24) is 30.4 Å². The quantitative estimate of drug-likeness (QED) is 0.380. The van der Waals surface area contributed by atoms with E-state index in [4.69, 9.17) is 5.73 Å². The second kappa shape index (κ2) is 9.55. The second-order valence-electron chi connectivity index (χ2n) is 11.6. The summed E-state index contributed by atoms with van der Waals surface area (Å²) in [6.07, 6.45) is 9.16. The average molecular weight is 529 g/mol. The Morgan fingerprint density at radius 3 is 2.59 bits per heavy atom. The molecule has 3 fully saturated rings. The molecule has 2 aromatic heterocycles. The van der Waals surface area contributed by atoms with Crippen molar-refractivity contribution < 1.29 is 14.4 Å². The molecule has 4 N–H and O–H groups in total. The lowest BCUT2D eigenvalue weighted by Gasteiger charge is -2.34. The number of hydrogen-bond donors (Lipinski definition) is 3. The number of nitrogens with one attached hydrogen (secondary N) is 2. The Morgan fingerprint density at radius 1 is 1.13 bits per heavy atom. The minimum absolute atomic E-state index is 0.0183. The molecular weight excluding hydrogens is 496 g/mol. The predicted molar refractivity (Wildman–Crippen MR) is 143 cm³/mol. The number of anilines is 1. The first kappa shape index (κ1) is 25.1. The molecule has 1 saturated heterocycles. The van der Waals surface area contributed by atoms with Crippen molar-refractivity contribution in [1.29, 1.82) is 0 Å². The monoisotopic (exact) mass is 528 g/mol. The van der Waals surface area contributed by atoms with Gasteiger partial charge in [0.25, 0.3) is 0 Å². The Morgan fingerprint density at radius 2 is 1.87 bits per heavy atom. The van der Waals surface area contributed by atoms with E-state index in [1.165, 1.54) is 6.33 Å². The van der Waals surface area contributed by atoms with E-state index in [-0.39, 0.29) is 28.9 Å². The van der Waals surface area contributed by atoms with Crippen LogP contribution in [0.5, 0.6) is 0 Å². The lowest BCUT2D eigenvalue weighted by Crippen LogP contribution is -2.55. The highest BCUT2D eigenvalue weighted by Gasteiger charge is 2.69. The van der Waals surface area contributed by atoms with Crippen LogP contribution in [0.3, 0.4) is 0 Å². The van der Waals surface area contributed by atoms with Crippen molar-refractivity contribution in [3.63, 3.8) is 0 Å². The van der Waals surface area contributed by atoms with Crippen LogP contribution in [0.1, 0.15) is 44.8 Å². The minimum atomic E-state index is -1.18. The Balaban J connectivity index is 1.28. The van der Waals surface area contributed by atoms with E-state index in [1.54, 1.807) is 23.5 Å². The Labute approximate surface area is 226 Å². The number of piperidine rings is 1. The summed E-state index contributed by atoms with van der Waals surface area (Å²) in [4.78, 5) is 50.3. The molecule has 6 rings (SSSR count). The summed E-state index contributed by atoms with van der Waals surface area (Å²) >= 11 is 0. The first-order valence-electron chi connectivity index (χ1n) is 13.4. The number of nitrogens with zero attached hydrogens (tertiary/aromatic N) is 5. The molecule has 3 aliphatic rings. The van der Waals surface area contributed by atoms with Gasteiger partial charge in [-0.15, -0.1) is 0 Å². The number of benzene rings is 1. The van der Waals surface area contributed by atoms with Gasteiger partial charge in [-0.05, 0) is 29.6 Å². The molecular formula is C28H32N8O3. The molecule has 2 aliphatic carbocycles. The van der Waals surface area contributed by atoms with Crippen LogP contribution in [0.4, 0.5) is 5.69 Å². The maximum absolute atomic E-state index is 14.0. The van der Waals surface area contributed by atoms with E-state index in [0.717, 1.165) is 18.2 Å². The van der Waals surface area contributed by atoms with Gasteiger partial charge in [0.1, 0.15) is 24.1 Å². The number of carbonyl (C=O) groups excluding carboxylic acids is 3. The van der Waals surface area contributed by atoms with Crippen LogP contribution >= 0.6 is 0 Å². The van der Waals surface area contributed by atoms with E-state index in [2.05, 4.69) is 44.6 Å². The van der Waals surface area contributed by atoms with E-state index < -0.39 is 29.9 Å². The summed E-state index contributed by atoms with van der Waals surface area (Å²) in [5.41, 5.74) is 6.63. The van der Waals surface area contributed by atoms with Gasteiger partial charge in [-0.3, -0.25) is 14.4 Å². The highest BCUT2D eigenvalue weighted by molar-refractivity contribution is 5.97. The third kappa shape index (κ3) is 4.66. The van der Waals surface area contributed by atoms with Crippen molar-refractivity contribution in [2.45, 2.75) is 51.2 Å². The van der Waals surface area contributed by atoms with Gasteiger partial charge in [0.2, 0.25) is 17.7 Å². The van der Waals surface area contributed by atoms with Gasteiger partial charge < -0.3 is 21.3 Å². The van der Waals surface area contributed by atoms with Crippen molar-refractivity contribution in [3.8, 4) is 0 Å². The van der Waals surface area contributed by atoms with Crippen LogP contribution in [0.15, 0.2) is 49.2 Å². The van der Waals surface area contributed by atoms with Gasteiger partial charge in [0.15, 0.2) is 6.04 Å². The zero-order chi connectivity index (χ0) is 27.3. The summed E-state index contributed by atoms with van der Waals surface area (Å²) < 4.78 is 0. The molecule has 1 unspecified atom stereocenters. The van der Waals surface area contributed by atoms with Crippen molar-refractivity contribution in [2.24, 2.45) is 28.9 Å². The SMILES string of the molecule is CC1(C)[C@@H]2[C@@H](C(=O)NC(C(N)=O)c3nncc4ccccc34)N(C(=O)[C@H](CC3CC3)Nc3cncnc3)C[C@@H]21. The number of hydrogen-bond acceptors (Lipinski definition) is 8. The van der Waals surface area contributed by atoms with Gasteiger partial charge in [-0.1, -0.05) is 51.0 Å². The second-order valence-corrected chi connectivity index (χ2v) is 11.6. The molecule has 3 amide bonds. The molecule has 0 bridgehead atoms. The van der Waals surface area contributed by atoms with E-state index in [1.807, 2.05) is 24.3 Å². The van der Waals surface area contributed by atoms with Crippen LogP contribution in [-0.2, 0) is 14.4 Å². The standard InChI is InChI=1S/C28H32N8O3/c1-28(2)19-13-36(27(39)20(9-15-7-8-15)33-17-11-30-14-31-12-17)24(21(19)28)26(38)34-23(25(29)37)22-18-6-4-3-5-16(18)10-32-35-22/h3-6,10-12,14-15,19-21,23-24,33H,7-9,13H2,1-2H3,(H2,29,37)(H,34,38)/t19-,20-,21-,23?,24-/m0/s1. The van der Waals surface area contributed by atoms with Gasteiger partial charge in [-0.25, -0.2) is 9.97 Å². The molecule has 3 heterocycles. The van der Waals surface area contributed by atoms with E-state index >= 15 is 0 Å². The number of amides is 3. The molecule has 11 heteroatoms. The van der Waals surface area contributed by atoms with Gasteiger partial charge >= 0.3 is 0 Å². The Hall–Kier alpha value is -4.15. The fraction of sp³-hybridized carbons (Fsp3) is 0.464. The maximum atomic E-state index is 14.0. The average Bonchev–Trinajstić information content (AvgIpc) is 3.78. The highest BCUT2D eigenvalue weighted by Crippen LogP contribution is 2.65. The summed E-state index contributed by atoms with van der Waals surface area (Å²) in [7, 11) is 0. The number of primary amides is 1. The molecule has 202 valence electrons. The fourth-order valence-corrected chi connectivity index (χ4v) is 6.26. The summed E-state index contributed by atoms with van der Waals surface area (Å²) in [6.45, 7) is 4.72. The molecule has 3 aromatic rings. The normalized spacial score (nSPS) is 24.5. The van der Waals surface area contributed by atoms with E-state index in [0.29, 0.717) is 30.0 Å². The van der Waals surface area contributed by atoms with Crippen molar-refractivity contribution in [2.75, 3.05) is 11.9 Å².